The van der Waals surface area contributed by atoms with Crippen LogP contribution in [0.5, 0.6) is 11.5 Å². The molecule has 1 aromatic heterocycles. The summed E-state index contributed by atoms with van der Waals surface area (Å²) >= 11 is 0. The maximum Gasteiger partial charge on any atom is 0.229 e. The van der Waals surface area contributed by atoms with Crippen LogP contribution in [-0.4, -0.2) is 60.0 Å². The van der Waals surface area contributed by atoms with Crippen LogP contribution < -0.4 is 20.1 Å². The van der Waals surface area contributed by atoms with E-state index in [0.717, 1.165) is 0 Å². The molecule has 0 radical (unpaired) electrons. The number of carbonyl (C=O) groups excluding carboxylic acids is 2. The van der Waals surface area contributed by atoms with E-state index >= 15 is 0 Å². The third-order valence-electron chi connectivity index (χ3n) is 6.13. The number of rotatable bonds is 4. The highest BCUT2D eigenvalue weighted by Crippen LogP contribution is 2.36. The number of anilines is 2. The molecular formula is C22H29N5O4. The second-order valence-corrected chi connectivity index (χ2v) is 9.03. The number of fused-ring (bicyclic) bond motifs is 1. The monoisotopic (exact) mass is 427 g/mol. The maximum absolute atomic E-state index is 12.6. The fourth-order valence-corrected chi connectivity index (χ4v) is 4.53. The summed E-state index contributed by atoms with van der Waals surface area (Å²) in [7, 11) is 3.14. The molecule has 0 atom stereocenters. The van der Waals surface area contributed by atoms with E-state index in [0.29, 0.717) is 72.9 Å². The number of piperidine rings is 2. The van der Waals surface area contributed by atoms with Crippen molar-refractivity contribution in [2.45, 2.75) is 45.6 Å². The number of hydrogen-bond donors (Lipinski definition) is 1. The number of nitrogens with zero attached hydrogens (tertiary/aromatic N) is 4. The van der Waals surface area contributed by atoms with Gasteiger partial charge >= 0.3 is 0 Å². The van der Waals surface area contributed by atoms with E-state index < -0.39 is 0 Å². The summed E-state index contributed by atoms with van der Waals surface area (Å²) < 4.78 is 10.7. The number of nitrogens with two attached hydrogens (primary N) is 1. The van der Waals surface area contributed by atoms with Crippen molar-refractivity contribution in [3.8, 4) is 11.5 Å². The van der Waals surface area contributed by atoms with Gasteiger partial charge in [0.25, 0.3) is 0 Å². The maximum atomic E-state index is 12.6. The molecule has 2 saturated heterocycles. The summed E-state index contributed by atoms with van der Waals surface area (Å²) in [6.45, 7) is 5.22. The van der Waals surface area contributed by atoms with E-state index in [2.05, 4.69) is 9.97 Å². The molecule has 0 saturated carbocycles. The topological polar surface area (TPSA) is 111 Å². The second-order valence-electron chi connectivity index (χ2n) is 9.03. The Balaban J connectivity index is 1.52. The minimum atomic E-state index is -0.258. The lowest BCUT2D eigenvalue weighted by atomic mass is 9.81. The van der Waals surface area contributed by atoms with Gasteiger partial charge in [-0.3, -0.25) is 14.5 Å². The van der Waals surface area contributed by atoms with Crippen LogP contribution in [0.25, 0.3) is 10.9 Å². The Morgan fingerprint density at radius 3 is 2.16 bits per heavy atom. The van der Waals surface area contributed by atoms with Crippen molar-refractivity contribution in [3.63, 3.8) is 0 Å². The van der Waals surface area contributed by atoms with Gasteiger partial charge in [0.1, 0.15) is 5.82 Å². The van der Waals surface area contributed by atoms with E-state index in [-0.39, 0.29) is 23.3 Å². The summed E-state index contributed by atoms with van der Waals surface area (Å²) in [5.74, 6) is 1.92. The number of nitrogen functional groups attached to an aromatic ring is 1. The number of likely N-dealkylation sites (tertiary alicyclic amines) is 1. The first kappa shape index (κ1) is 21.1. The van der Waals surface area contributed by atoms with Crippen LogP contribution in [-0.2, 0) is 9.59 Å². The highest BCUT2D eigenvalue weighted by Gasteiger charge is 2.41. The number of hydrogen-bond acceptors (Lipinski definition) is 8. The van der Waals surface area contributed by atoms with Gasteiger partial charge in [0.2, 0.25) is 17.8 Å². The van der Waals surface area contributed by atoms with E-state index in [4.69, 9.17) is 15.2 Å². The lowest BCUT2D eigenvalue weighted by Crippen LogP contribution is -2.54. The minimum Gasteiger partial charge on any atom is -0.493 e. The highest BCUT2D eigenvalue weighted by molar-refractivity contribution is 5.99. The van der Waals surface area contributed by atoms with Crippen molar-refractivity contribution in [3.05, 3.63) is 12.1 Å². The average Bonchev–Trinajstić information content (AvgIpc) is 2.71. The van der Waals surface area contributed by atoms with Crippen molar-refractivity contribution >= 4 is 34.5 Å². The molecule has 0 spiro atoms. The number of methoxy groups -OCH3 is 2. The predicted octanol–water partition coefficient (Wildman–Crippen LogP) is 2.37. The van der Waals surface area contributed by atoms with Crippen LogP contribution >= 0.6 is 0 Å². The Kier molecular flexibility index (Phi) is 5.36. The quantitative estimate of drug-likeness (QED) is 0.741. The van der Waals surface area contributed by atoms with Gasteiger partial charge in [-0.2, -0.15) is 4.98 Å². The number of benzene rings is 1. The lowest BCUT2D eigenvalue weighted by Gasteiger charge is -2.42. The predicted molar refractivity (Wildman–Crippen MR) is 117 cm³/mol. The van der Waals surface area contributed by atoms with Crippen molar-refractivity contribution in [2.24, 2.45) is 5.41 Å². The molecule has 0 aliphatic carbocycles. The Bertz CT molecular complexity index is 1010. The highest BCUT2D eigenvalue weighted by atomic mass is 16.5. The molecule has 166 valence electrons. The number of imide groups is 1. The first-order chi connectivity index (χ1) is 14.7. The van der Waals surface area contributed by atoms with Gasteiger partial charge in [-0.1, -0.05) is 13.8 Å². The van der Waals surface area contributed by atoms with Crippen LogP contribution in [0, 0.1) is 5.41 Å². The Morgan fingerprint density at radius 1 is 1.00 bits per heavy atom. The van der Waals surface area contributed by atoms with E-state index in [1.807, 2.05) is 18.7 Å². The smallest absolute Gasteiger partial charge is 0.229 e. The Labute approximate surface area is 181 Å². The van der Waals surface area contributed by atoms with Gasteiger partial charge in [-0.15, -0.1) is 0 Å². The number of amides is 2. The third-order valence-corrected chi connectivity index (χ3v) is 6.13. The number of carbonyl (C=O) groups is 2. The zero-order valence-corrected chi connectivity index (χ0v) is 18.5. The van der Waals surface area contributed by atoms with Gasteiger partial charge in [-0.25, -0.2) is 4.98 Å². The van der Waals surface area contributed by atoms with Crippen molar-refractivity contribution in [1.29, 1.82) is 0 Å². The summed E-state index contributed by atoms with van der Waals surface area (Å²) in [5, 5.41) is 0.698. The lowest BCUT2D eigenvalue weighted by molar-refractivity contribution is -0.155. The fourth-order valence-electron chi connectivity index (χ4n) is 4.53. The van der Waals surface area contributed by atoms with Crippen LogP contribution in [0.1, 0.15) is 39.5 Å². The standard InChI is InChI=1S/C22H29N5O4/c1-22(2)11-18(28)27(19(29)12-22)13-5-7-26(8-6-13)21-24-15-10-17(31-4)16(30-3)9-14(15)20(23)25-21/h9-10,13H,5-8,11-12H2,1-4H3,(H2,23,24,25). The molecule has 0 unspecified atom stereocenters. The zero-order chi connectivity index (χ0) is 22.3. The Hall–Kier alpha value is -3.10. The van der Waals surface area contributed by atoms with Gasteiger partial charge in [0.05, 0.1) is 19.7 Å². The molecular weight excluding hydrogens is 398 g/mol. The zero-order valence-electron chi connectivity index (χ0n) is 18.5. The molecule has 3 heterocycles. The van der Waals surface area contributed by atoms with Gasteiger partial charge in [0, 0.05) is 43.4 Å². The largest absolute Gasteiger partial charge is 0.493 e. The van der Waals surface area contributed by atoms with Gasteiger partial charge in [-0.05, 0) is 24.3 Å². The normalized spacial score (nSPS) is 19.7. The van der Waals surface area contributed by atoms with E-state index in [9.17, 15) is 9.59 Å². The van der Waals surface area contributed by atoms with Crippen molar-refractivity contribution in [1.82, 2.24) is 14.9 Å². The molecule has 31 heavy (non-hydrogen) atoms. The van der Waals surface area contributed by atoms with Crippen molar-refractivity contribution < 1.29 is 19.1 Å². The van der Waals surface area contributed by atoms with E-state index in [1.165, 1.54) is 4.90 Å². The van der Waals surface area contributed by atoms with Crippen LogP contribution in [0.3, 0.4) is 0 Å². The molecule has 2 N–H and O–H groups in total. The number of aromatic nitrogens is 2. The van der Waals surface area contributed by atoms with Crippen LogP contribution in [0.15, 0.2) is 12.1 Å². The molecule has 2 aliphatic heterocycles. The molecule has 2 aliphatic rings. The molecule has 2 fully saturated rings. The molecule has 1 aromatic carbocycles. The molecule has 9 heteroatoms. The second kappa shape index (κ2) is 7.86. The first-order valence-corrected chi connectivity index (χ1v) is 10.5. The fraction of sp³-hybridized carbons (Fsp3) is 0.545. The minimum absolute atomic E-state index is 0.0630. The average molecular weight is 428 g/mol. The molecule has 0 bridgehead atoms. The van der Waals surface area contributed by atoms with E-state index in [1.54, 1.807) is 26.4 Å². The summed E-state index contributed by atoms with van der Waals surface area (Å²) in [4.78, 5) is 37.9. The van der Waals surface area contributed by atoms with Gasteiger partial charge < -0.3 is 20.1 Å². The number of ether oxygens (including phenoxy) is 2. The summed E-state index contributed by atoms with van der Waals surface area (Å²) in [6.07, 6.45) is 2.19. The summed E-state index contributed by atoms with van der Waals surface area (Å²) in [6, 6.07) is 3.48. The first-order valence-electron chi connectivity index (χ1n) is 10.5. The SMILES string of the molecule is COc1cc2nc(N3CCC(N4C(=O)CC(C)(C)CC4=O)CC3)nc(N)c2cc1OC. The molecule has 2 aromatic rings. The molecule has 2 amide bonds. The van der Waals surface area contributed by atoms with Gasteiger partial charge in [0.15, 0.2) is 11.5 Å². The summed E-state index contributed by atoms with van der Waals surface area (Å²) in [5.41, 5.74) is 6.63. The van der Waals surface area contributed by atoms with Crippen LogP contribution in [0.2, 0.25) is 0 Å². The van der Waals surface area contributed by atoms with Crippen molar-refractivity contribution in [2.75, 3.05) is 37.9 Å². The molecule has 9 nitrogen and oxygen atoms in total. The third kappa shape index (κ3) is 3.96. The Morgan fingerprint density at radius 2 is 1.58 bits per heavy atom. The van der Waals surface area contributed by atoms with Crippen LogP contribution in [0.4, 0.5) is 11.8 Å². The molecule has 4 rings (SSSR count).